The van der Waals surface area contributed by atoms with Crippen LogP contribution in [0.4, 0.5) is 28.4 Å². The van der Waals surface area contributed by atoms with E-state index in [1.165, 1.54) is 99.0 Å². The summed E-state index contributed by atoms with van der Waals surface area (Å²) < 4.78 is 19.0. The second kappa shape index (κ2) is 29.1. The Bertz CT molecular complexity index is 7750. The fourth-order valence-corrected chi connectivity index (χ4v) is 21.0. The molecule has 2 aliphatic heterocycles. The summed E-state index contributed by atoms with van der Waals surface area (Å²) in [4.78, 5) is 5.51. The van der Waals surface area contributed by atoms with Crippen molar-refractivity contribution in [3.05, 3.63) is 386 Å². The lowest BCUT2D eigenvalue weighted by atomic mass is 9.33. The molecule has 6 nitrogen and oxygen atoms in total. The first-order valence-electron chi connectivity index (χ1n) is 45.1. The fourth-order valence-electron chi connectivity index (χ4n) is 21.0. The summed E-state index contributed by atoms with van der Waals surface area (Å²) in [5.74, 6) is 0. The van der Waals surface area contributed by atoms with Crippen LogP contribution in [0.3, 0.4) is 0 Å². The molecular weight excluding hydrogens is 1540 g/mol. The number of anilines is 5. The normalized spacial score (nSPS) is 13.1. The first-order valence-corrected chi connectivity index (χ1v) is 45.1. The summed E-state index contributed by atoms with van der Waals surface area (Å²) in [7, 11) is 0. The van der Waals surface area contributed by atoms with Gasteiger partial charge >= 0.3 is 0 Å². The van der Waals surface area contributed by atoms with Gasteiger partial charge in [-0.25, -0.2) is 0 Å². The highest BCUT2D eigenvalue weighted by molar-refractivity contribution is 7.00. The van der Waals surface area contributed by atoms with E-state index < -0.39 is 0 Å². The lowest BCUT2D eigenvalue weighted by Crippen LogP contribution is -2.62. The second-order valence-electron chi connectivity index (χ2n) is 39.5. The third-order valence-corrected chi connectivity index (χ3v) is 27.5. The second-order valence-corrected chi connectivity index (χ2v) is 39.5. The number of hydrogen-bond donors (Lipinski definition) is 0. The lowest BCUT2D eigenvalue weighted by molar-refractivity contribution is 0.590. The van der Waals surface area contributed by atoms with Gasteiger partial charge in [-0.2, -0.15) is 0 Å². The van der Waals surface area contributed by atoms with Gasteiger partial charge in [0.15, 0.2) is 0 Å². The van der Waals surface area contributed by atoms with Crippen LogP contribution in [0.2, 0.25) is 0 Å². The van der Waals surface area contributed by atoms with Crippen LogP contribution >= 0.6 is 0 Å². The van der Waals surface area contributed by atoms with Gasteiger partial charge in [-0.05, 0) is 237 Å². The molecular formula is C120H99BN4O2. The van der Waals surface area contributed by atoms with Gasteiger partial charge in [-0.3, -0.25) is 0 Å². The molecule has 23 rings (SSSR count). The van der Waals surface area contributed by atoms with E-state index in [0.717, 1.165) is 139 Å². The highest BCUT2D eigenvalue weighted by Gasteiger charge is 2.46. The van der Waals surface area contributed by atoms with Crippen molar-refractivity contribution in [2.75, 3.05) is 16.3 Å². The molecule has 7 heteroatoms. The molecule has 0 spiro atoms. The maximum atomic E-state index is 6.91. The predicted molar refractivity (Wildman–Crippen MR) is 540 cm³/mol. The summed E-state index contributed by atoms with van der Waals surface area (Å²) in [5.41, 5.74) is 39.0. The van der Waals surface area contributed by atoms with E-state index in [2.05, 4.69) is 460 Å². The molecule has 0 saturated heterocycles. The molecule has 0 bridgehead atoms. The number of furan rings is 2. The zero-order valence-electron chi connectivity index (χ0n) is 74.2. The third-order valence-electron chi connectivity index (χ3n) is 27.5. The number of benzene rings is 17. The van der Waals surface area contributed by atoms with E-state index in [4.69, 9.17) is 8.83 Å². The van der Waals surface area contributed by atoms with Crippen LogP contribution < -0.4 is 26.2 Å². The van der Waals surface area contributed by atoms with Crippen LogP contribution in [-0.2, 0) is 28.1 Å². The zero-order valence-corrected chi connectivity index (χ0v) is 74.2. The molecule has 127 heavy (non-hydrogen) atoms. The minimum Gasteiger partial charge on any atom is -0.456 e. The van der Waals surface area contributed by atoms with Crippen molar-refractivity contribution < 1.29 is 8.83 Å². The fraction of sp³-hybridized carbons (Fsp3) is 0.150. The molecule has 21 aromatic rings. The minimum atomic E-state index is -0.312. The van der Waals surface area contributed by atoms with Gasteiger partial charge in [0.2, 0.25) is 0 Å². The third kappa shape index (κ3) is 12.7. The number of aromatic nitrogens is 2. The number of hydrogen-bond acceptors (Lipinski definition) is 4. The zero-order chi connectivity index (χ0) is 86.3. The number of para-hydroxylation sites is 4. The monoisotopic (exact) mass is 1640 g/mol. The van der Waals surface area contributed by atoms with Gasteiger partial charge < -0.3 is 27.8 Å². The molecule has 6 heterocycles. The van der Waals surface area contributed by atoms with Crippen molar-refractivity contribution in [3.63, 3.8) is 0 Å². The van der Waals surface area contributed by atoms with Gasteiger partial charge in [0.05, 0.1) is 33.4 Å². The Morgan fingerprint density at radius 2 is 0.677 bits per heavy atom. The SMILES string of the molecule is CC(C)(C)c1cc(-c2cccc3oc4ccccc4c23)c(CCN2c3ccc(-c4cccc(-c5ccccc5)c4)cc3B3c4ccc(-n5c6ccc(C(C)(C)C)cc6c6cc(C(C)(C)C)ccc65)cc4N(c4c(-c5ccccc5)cc(C(C)(C)C)cc4-c4ccccc4)c4cc(-n5c6ccccc6c6ccccc65)cc2c43)c(-c2cccc3oc4ccccc4c23)c1. The van der Waals surface area contributed by atoms with E-state index in [1.807, 2.05) is 0 Å². The first-order chi connectivity index (χ1) is 61.5. The molecule has 0 atom stereocenters. The average Bonchev–Trinajstić information content (AvgIpc) is 1.19. The summed E-state index contributed by atoms with van der Waals surface area (Å²) >= 11 is 0. The molecule has 0 N–H and O–H groups in total. The van der Waals surface area contributed by atoms with Crippen LogP contribution in [0.25, 0.3) is 166 Å². The van der Waals surface area contributed by atoms with Crippen molar-refractivity contribution in [1.82, 2.24) is 9.13 Å². The Morgan fingerprint density at radius 1 is 0.260 bits per heavy atom. The van der Waals surface area contributed by atoms with Crippen molar-refractivity contribution in [3.8, 4) is 78.1 Å². The van der Waals surface area contributed by atoms with E-state index in [0.29, 0.717) is 13.0 Å². The maximum Gasteiger partial charge on any atom is 0.252 e. The molecule has 4 aromatic heterocycles. The van der Waals surface area contributed by atoms with Crippen molar-refractivity contribution >= 4 is 139 Å². The molecule has 0 unspecified atom stereocenters. The first kappa shape index (κ1) is 77.4. The van der Waals surface area contributed by atoms with Gasteiger partial charge in [0.1, 0.15) is 22.3 Å². The quantitative estimate of drug-likeness (QED) is 0.114. The van der Waals surface area contributed by atoms with E-state index in [1.54, 1.807) is 0 Å². The molecule has 614 valence electrons. The van der Waals surface area contributed by atoms with E-state index >= 15 is 0 Å². The van der Waals surface area contributed by atoms with E-state index in [9.17, 15) is 0 Å². The van der Waals surface area contributed by atoms with Crippen LogP contribution in [-0.4, -0.2) is 22.4 Å². The smallest absolute Gasteiger partial charge is 0.252 e. The van der Waals surface area contributed by atoms with Crippen LogP contribution in [0.1, 0.15) is 111 Å². The van der Waals surface area contributed by atoms with Crippen molar-refractivity contribution in [2.45, 2.75) is 111 Å². The van der Waals surface area contributed by atoms with Crippen molar-refractivity contribution in [1.29, 1.82) is 0 Å². The number of nitrogens with zero attached hydrogens (tertiary/aromatic N) is 4. The Labute approximate surface area is 743 Å². The molecule has 2 aliphatic rings. The number of rotatable bonds is 12. The maximum absolute atomic E-state index is 6.91. The number of fused-ring (bicyclic) bond motifs is 16. The lowest BCUT2D eigenvalue weighted by Gasteiger charge is -2.45. The molecule has 0 fully saturated rings. The topological polar surface area (TPSA) is 42.6 Å². The Balaban J connectivity index is 0.865. The molecule has 17 aromatic carbocycles. The summed E-state index contributed by atoms with van der Waals surface area (Å²) in [6.45, 7) is 28.5. The summed E-state index contributed by atoms with van der Waals surface area (Å²) in [5, 5.41) is 9.30. The minimum absolute atomic E-state index is 0.0899. The predicted octanol–water partition coefficient (Wildman–Crippen LogP) is 30.9. The van der Waals surface area contributed by atoms with Gasteiger partial charge in [0, 0.05) is 89.2 Å². The van der Waals surface area contributed by atoms with E-state index in [-0.39, 0.29) is 28.4 Å². The van der Waals surface area contributed by atoms with Gasteiger partial charge in [-0.15, -0.1) is 0 Å². The Kier molecular flexibility index (Phi) is 17.7. The Hall–Kier alpha value is -14.4. The van der Waals surface area contributed by atoms with Gasteiger partial charge in [0.25, 0.3) is 6.71 Å². The highest BCUT2D eigenvalue weighted by Crippen LogP contribution is 2.55. The standard InChI is InChI=1S/C120H99BN4O2/c1-117(2,3)80-54-59-103-97(65-80)98-66-81(118(4,5)6)55-60-104(98)123(103)84-56-57-99-106(71-84)125(116-93(75-35-18-14-19-36-75)67-82(119(7,8)9)68-94(116)76-37-20-15-21-38-76)108-73-85(124-101-47-26-22-41-87(101)88-42-23-27-48-102(88)124)72-107-115(108)121(99)100-64-79(78-40-30-39-77(63-78)74-33-16-13-17-34-74)53-58-105(100)122(107)62-61-86-95(89-45-31-51-111-113(89)91-43-24-28-49-109(91)126-111)69-83(120(10,11)12)70-96(86)90-46-32-52-112-114(90)92-44-25-29-50-110(92)127-112/h13-60,63-73H,61-62H2,1-12H3. The van der Waals surface area contributed by atoms with Gasteiger partial charge in [-0.1, -0.05) is 332 Å². The summed E-state index contributed by atoms with van der Waals surface area (Å²) in [6, 6.07) is 136. The molecule has 0 radical (unpaired) electrons. The largest absolute Gasteiger partial charge is 0.456 e. The summed E-state index contributed by atoms with van der Waals surface area (Å²) in [6.07, 6.45) is 0.619. The average molecular weight is 1640 g/mol. The van der Waals surface area contributed by atoms with Crippen molar-refractivity contribution in [2.24, 2.45) is 0 Å². The Morgan fingerprint density at radius 3 is 1.20 bits per heavy atom. The van der Waals surface area contributed by atoms with Crippen LogP contribution in [0.5, 0.6) is 0 Å². The molecule has 0 amide bonds. The van der Waals surface area contributed by atoms with Crippen LogP contribution in [0.15, 0.2) is 367 Å². The molecule has 0 aliphatic carbocycles. The van der Waals surface area contributed by atoms with Crippen LogP contribution in [0, 0.1) is 0 Å². The highest BCUT2D eigenvalue weighted by atomic mass is 16.3. The molecule has 0 saturated carbocycles.